The van der Waals surface area contributed by atoms with Crippen molar-refractivity contribution in [2.75, 3.05) is 0 Å². The molecule has 1 aromatic heterocycles. The molecule has 1 heterocycles. The molecule has 1 rings (SSSR count). The number of thioether (sulfide) groups is 1. The minimum atomic E-state index is -0.862. The zero-order chi connectivity index (χ0) is 10.6. The van der Waals surface area contributed by atoms with Crippen LogP contribution in [-0.4, -0.2) is 21.3 Å². The molecule has 4 nitrogen and oxygen atoms in total. The van der Waals surface area contributed by atoms with Gasteiger partial charge in [-0.05, 0) is 19.1 Å². The predicted octanol–water partition coefficient (Wildman–Crippen LogP) is 1.52. The molecule has 0 aromatic carbocycles. The van der Waals surface area contributed by atoms with Gasteiger partial charge in [0.05, 0.1) is 0 Å². The summed E-state index contributed by atoms with van der Waals surface area (Å²) in [6.45, 7) is 1.60. The van der Waals surface area contributed by atoms with Gasteiger partial charge in [0.25, 0.3) is 0 Å². The van der Waals surface area contributed by atoms with Gasteiger partial charge < -0.3 is 5.11 Å². The highest BCUT2D eigenvalue weighted by molar-refractivity contribution is 8.00. The Kier molecular flexibility index (Phi) is 3.48. The Morgan fingerprint density at radius 1 is 1.71 bits per heavy atom. The second-order valence-electron chi connectivity index (χ2n) is 2.59. The van der Waals surface area contributed by atoms with Gasteiger partial charge in [-0.3, -0.25) is 4.79 Å². The Morgan fingerprint density at radius 2 is 2.43 bits per heavy atom. The first-order valence-corrected chi connectivity index (χ1v) is 4.77. The van der Waals surface area contributed by atoms with Crippen LogP contribution >= 0.6 is 11.8 Å². The topological polar surface area (TPSA) is 74.0 Å². The Hall–Kier alpha value is -1.54. The quantitative estimate of drug-likeness (QED) is 0.762. The molecule has 1 aromatic rings. The van der Waals surface area contributed by atoms with Crippen LogP contribution in [0.3, 0.4) is 0 Å². The van der Waals surface area contributed by atoms with Crippen LogP contribution in [0.25, 0.3) is 0 Å². The Bertz CT molecular complexity index is 369. The fourth-order valence-electron chi connectivity index (χ4n) is 0.771. The van der Waals surface area contributed by atoms with Crippen molar-refractivity contribution in [3.63, 3.8) is 0 Å². The van der Waals surface area contributed by atoms with Crippen LogP contribution in [0, 0.1) is 11.3 Å². The maximum atomic E-state index is 10.5. The van der Waals surface area contributed by atoms with E-state index in [1.54, 1.807) is 19.1 Å². The first kappa shape index (κ1) is 10.5. The number of nitriles is 1. The molecule has 1 unspecified atom stereocenters. The third-order valence-corrected chi connectivity index (χ3v) is 2.58. The summed E-state index contributed by atoms with van der Waals surface area (Å²) in [7, 11) is 0. The van der Waals surface area contributed by atoms with E-state index in [1.807, 2.05) is 6.07 Å². The fourth-order valence-corrected chi connectivity index (χ4v) is 1.54. The number of carboxylic acids is 1. The van der Waals surface area contributed by atoms with Crippen LogP contribution in [-0.2, 0) is 4.79 Å². The van der Waals surface area contributed by atoms with E-state index in [-0.39, 0.29) is 0 Å². The number of aliphatic carboxylic acids is 1. The molecule has 0 aliphatic carbocycles. The number of nitrogens with zero attached hydrogens (tertiary/aromatic N) is 2. The van der Waals surface area contributed by atoms with Crippen molar-refractivity contribution in [2.24, 2.45) is 0 Å². The summed E-state index contributed by atoms with van der Waals surface area (Å²) < 4.78 is 0. The summed E-state index contributed by atoms with van der Waals surface area (Å²) in [5.74, 6) is -0.862. The lowest BCUT2D eigenvalue weighted by atomic mass is 10.4. The van der Waals surface area contributed by atoms with Crippen molar-refractivity contribution >= 4 is 17.7 Å². The van der Waals surface area contributed by atoms with Gasteiger partial charge in [0.2, 0.25) is 0 Å². The number of hydrogen-bond donors (Lipinski definition) is 1. The molecular weight excluding hydrogens is 200 g/mol. The number of rotatable bonds is 3. The average Bonchev–Trinajstić information content (AvgIpc) is 2.19. The van der Waals surface area contributed by atoms with E-state index in [0.29, 0.717) is 5.69 Å². The highest BCUT2D eigenvalue weighted by atomic mass is 32.2. The maximum Gasteiger partial charge on any atom is 0.316 e. The normalized spacial score (nSPS) is 11.7. The van der Waals surface area contributed by atoms with Crippen LogP contribution < -0.4 is 0 Å². The Balaban J connectivity index is 2.70. The lowest BCUT2D eigenvalue weighted by Crippen LogP contribution is -2.10. The fraction of sp³-hybridized carbons (Fsp3) is 0.222. The molecule has 0 aliphatic rings. The molecule has 1 atom stereocenters. The smallest absolute Gasteiger partial charge is 0.316 e. The molecule has 1 N–H and O–H groups in total. The van der Waals surface area contributed by atoms with Gasteiger partial charge in [-0.25, -0.2) is 4.98 Å². The van der Waals surface area contributed by atoms with Gasteiger partial charge >= 0.3 is 5.97 Å². The van der Waals surface area contributed by atoms with Crippen molar-refractivity contribution in [2.45, 2.75) is 17.1 Å². The maximum absolute atomic E-state index is 10.5. The van der Waals surface area contributed by atoms with Gasteiger partial charge in [-0.1, -0.05) is 0 Å². The minimum absolute atomic E-state index is 0.331. The Morgan fingerprint density at radius 3 is 2.86 bits per heavy atom. The second kappa shape index (κ2) is 4.63. The number of carbonyl (C=O) groups is 1. The third-order valence-electron chi connectivity index (χ3n) is 1.51. The second-order valence-corrected chi connectivity index (χ2v) is 4.00. The summed E-state index contributed by atoms with van der Waals surface area (Å²) in [4.78, 5) is 15.1. The molecule has 0 amide bonds. The van der Waals surface area contributed by atoms with Gasteiger partial charge in [0.15, 0.2) is 0 Å². The highest BCUT2D eigenvalue weighted by Gasteiger charge is 2.12. The summed E-state index contributed by atoms with van der Waals surface area (Å²) in [6, 6.07) is 5.15. The summed E-state index contributed by atoms with van der Waals surface area (Å²) in [6.07, 6.45) is 1.50. The average molecular weight is 208 g/mol. The molecule has 14 heavy (non-hydrogen) atoms. The van der Waals surface area contributed by atoms with Crippen molar-refractivity contribution in [1.29, 1.82) is 5.26 Å². The van der Waals surface area contributed by atoms with E-state index in [9.17, 15) is 4.79 Å². The van der Waals surface area contributed by atoms with Crippen LogP contribution in [0.1, 0.15) is 12.6 Å². The van der Waals surface area contributed by atoms with Crippen molar-refractivity contribution in [3.8, 4) is 6.07 Å². The van der Waals surface area contributed by atoms with Gasteiger partial charge in [0.1, 0.15) is 17.0 Å². The monoisotopic (exact) mass is 208 g/mol. The first-order chi connectivity index (χ1) is 6.63. The SMILES string of the molecule is CC(Sc1ccc(C#N)nc1)C(=O)O. The molecular formula is C9H8N2O2S. The molecule has 0 radical (unpaired) electrons. The first-order valence-electron chi connectivity index (χ1n) is 3.89. The molecule has 0 saturated heterocycles. The molecule has 0 aliphatic heterocycles. The van der Waals surface area contributed by atoms with Gasteiger partial charge in [0, 0.05) is 11.1 Å². The minimum Gasteiger partial charge on any atom is -0.480 e. The lowest BCUT2D eigenvalue weighted by Gasteiger charge is -2.04. The molecule has 0 fully saturated rings. The lowest BCUT2D eigenvalue weighted by molar-refractivity contribution is -0.136. The van der Waals surface area contributed by atoms with Crippen LogP contribution in [0.4, 0.5) is 0 Å². The highest BCUT2D eigenvalue weighted by Crippen LogP contribution is 2.22. The van der Waals surface area contributed by atoms with E-state index >= 15 is 0 Å². The van der Waals surface area contributed by atoms with Crippen LogP contribution in [0.5, 0.6) is 0 Å². The van der Waals surface area contributed by atoms with Crippen LogP contribution in [0.2, 0.25) is 0 Å². The van der Waals surface area contributed by atoms with Crippen LogP contribution in [0.15, 0.2) is 23.2 Å². The molecule has 0 saturated carbocycles. The van der Waals surface area contributed by atoms with E-state index in [2.05, 4.69) is 4.98 Å². The number of pyridine rings is 1. The van der Waals surface area contributed by atoms with E-state index in [0.717, 1.165) is 4.90 Å². The predicted molar refractivity (Wildman–Crippen MR) is 51.9 cm³/mol. The summed E-state index contributed by atoms with van der Waals surface area (Å²) in [5.41, 5.74) is 0.331. The van der Waals surface area contributed by atoms with E-state index < -0.39 is 11.2 Å². The summed E-state index contributed by atoms with van der Waals surface area (Å²) in [5, 5.41) is 16.6. The number of hydrogen-bond acceptors (Lipinski definition) is 4. The van der Waals surface area contributed by atoms with E-state index in [4.69, 9.17) is 10.4 Å². The number of aromatic nitrogens is 1. The zero-order valence-electron chi connectivity index (χ0n) is 7.47. The van der Waals surface area contributed by atoms with Crippen molar-refractivity contribution in [3.05, 3.63) is 24.0 Å². The largest absolute Gasteiger partial charge is 0.480 e. The van der Waals surface area contributed by atoms with E-state index in [1.165, 1.54) is 18.0 Å². The van der Waals surface area contributed by atoms with Gasteiger partial charge in [-0.15, -0.1) is 11.8 Å². The molecule has 0 bridgehead atoms. The van der Waals surface area contributed by atoms with Crippen molar-refractivity contribution in [1.82, 2.24) is 4.98 Å². The zero-order valence-corrected chi connectivity index (χ0v) is 8.28. The number of carboxylic acid groups (broad SMARTS) is 1. The third kappa shape index (κ3) is 2.75. The van der Waals surface area contributed by atoms with Gasteiger partial charge in [-0.2, -0.15) is 5.26 Å². The van der Waals surface area contributed by atoms with Crippen molar-refractivity contribution < 1.29 is 9.90 Å². The standard InChI is InChI=1S/C9H8N2O2S/c1-6(9(12)13)14-8-3-2-7(4-10)11-5-8/h2-3,5-6H,1H3,(H,12,13). The Labute approximate surface area is 85.6 Å². The summed E-state index contributed by atoms with van der Waals surface area (Å²) >= 11 is 1.20. The molecule has 0 spiro atoms. The molecule has 72 valence electrons. The molecule has 5 heteroatoms.